The van der Waals surface area contributed by atoms with Crippen LogP contribution in [0, 0.1) is 11.3 Å². The summed E-state index contributed by atoms with van der Waals surface area (Å²) >= 11 is 0. The van der Waals surface area contributed by atoms with Crippen LogP contribution in [0.15, 0.2) is 0 Å². The Hall–Kier alpha value is -1.14. The van der Waals surface area contributed by atoms with Crippen molar-refractivity contribution in [1.29, 1.82) is 0 Å². The van der Waals surface area contributed by atoms with Crippen molar-refractivity contribution in [1.82, 2.24) is 10.6 Å². The van der Waals surface area contributed by atoms with Crippen LogP contribution >= 0.6 is 0 Å². The van der Waals surface area contributed by atoms with Crippen molar-refractivity contribution in [3.8, 4) is 0 Å². The van der Waals surface area contributed by atoms with Gasteiger partial charge < -0.3 is 21.1 Å². The quantitative estimate of drug-likeness (QED) is 0.530. The molecule has 1 atom stereocenters. The Morgan fingerprint density at radius 3 is 2.78 bits per heavy atom. The van der Waals surface area contributed by atoms with E-state index < -0.39 is 5.91 Å². The highest BCUT2D eigenvalue weighted by molar-refractivity contribution is 5.82. The van der Waals surface area contributed by atoms with Crippen LogP contribution < -0.4 is 16.4 Å². The number of nitrogens with two attached hydrogens (primary N) is 1. The minimum absolute atomic E-state index is 0.0884. The summed E-state index contributed by atoms with van der Waals surface area (Å²) in [5, 5.41) is 6.17. The molecule has 6 heteroatoms. The Morgan fingerprint density at radius 1 is 1.39 bits per heavy atom. The van der Waals surface area contributed by atoms with Gasteiger partial charge in [0.15, 0.2) is 0 Å². The van der Waals surface area contributed by atoms with Crippen LogP contribution in [0.5, 0.6) is 0 Å². The first-order valence-electron chi connectivity index (χ1n) is 6.48. The number of rotatable bonds is 6. The first kappa shape index (κ1) is 13.3. The number of amides is 2. The van der Waals surface area contributed by atoms with Gasteiger partial charge in [0.2, 0.25) is 11.8 Å². The zero-order chi connectivity index (χ0) is 13.0. The highest BCUT2D eigenvalue weighted by atomic mass is 16.5. The maximum atomic E-state index is 11.9. The lowest BCUT2D eigenvalue weighted by Gasteiger charge is -2.23. The molecule has 2 rings (SSSR count). The molecule has 1 spiro atoms. The van der Waals surface area contributed by atoms with Crippen molar-refractivity contribution >= 4 is 11.8 Å². The zero-order valence-corrected chi connectivity index (χ0v) is 10.5. The fourth-order valence-corrected chi connectivity index (χ4v) is 2.74. The average Bonchev–Trinajstić information content (AvgIpc) is 3.03. The molecule has 0 aromatic heterocycles. The van der Waals surface area contributed by atoms with Crippen molar-refractivity contribution in [2.45, 2.75) is 19.3 Å². The van der Waals surface area contributed by atoms with Crippen LogP contribution in [0.4, 0.5) is 0 Å². The second kappa shape index (κ2) is 5.67. The molecule has 2 fully saturated rings. The number of ether oxygens (including phenoxy) is 1. The molecule has 4 N–H and O–H groups in total. The largest absolute Gasteiger partial charge is 0.370 e. The Balaban J connectivity index is 1.60. The van der Waals surface area contributed by atoms with E-state index >= 15 is 0 Å². The molecule has 1 aliphatic heterocycles. The number of nitrogens with one attached hydrogen (secondary N) is 2. The summed E-state index contributed by atoms with van der Waals surface area (Å²) in [6, 6.07) is 0. The fraction of sp³-hybridized carbons (Fsp3) is 0.833. The van der Waals surface area contributed by atoms with Gasteiger partial charge in [-0.15, -0.1) is 0 Å². The zero-order valence-electron chi connectivity index (χ0n) is 10.5. The van der Waals surface area contributed by atoms with Gasteiger partial charge in [-0.25, -0.2) is 0 Å². The molecule has 1 saturated heterocycles. The first-order chi connectivity index (χ1) is 8.64. The number of carbonyl (C=O) groups excluding carboxylic acids is 2. The number of hydrogen-bond donors (Lipinski definition) is 3. The van der Waals surface area contributed by atoms with E-state index in [1.54, 1.807) is 0 Å². The van der Waals surface area contributed by atoms with Crippen molar-refractivity contribution in [3.05, 3.63) is 0 Å². The molecular weight excluding hydrogens is 234 g/mol. The van der Waals surface area contributed by atoms with E-state index in [1.165, 1.54) is 0 Å². The molecule has 1 heterocycles. The third-order valence-corrected chi connectivity index (χ3v) is 3.90. The highest BCUT2D eigenvalue weighted by Crippen LogP contribution is 2.58. The van der Waals surface area contributed by atoms with Crippen LogP contribution in [-0.2, 0) is 14.3 Å². The fourth-order valence-electron chi connectivity index (χ4n) is 2.74. The monoisotopic (exact) mass is 255 g/mol. The highest BCUT2D eigenvalue weighted by Gasteiger charge is 2.57. The third-order valence-electron chi connectivity index (χ3n) is 3.90. The summed E-state index contributed by atoms with van der Waals surface area (Å²) in [7, 11) is 0. The third kappa shape index (κ3) is 3.20. The second-order valence-electron chi connectivity index (χ2n) is 5.18. The molecule has 6 nitrogen and oxygen atoms in total. The Kier molecular flexibility index (Phi) is 4.19. The minimum atomic E-state index is -0.489. The summed E-state index contributed by atoms with van der Waals surface area (Å²) in [6.07, 6.45) is 3.22. The van der Waals surface area contributed by atoms with Gasteiger partial charge in [0.1, 0.15) is 6.61 Å². The SMILES string of the molecule is NC(=O)COCCNC(=O)C1CC12CCNCC2. The molecule has 0 radical (unpaired) electrons. The second-order valence-corrected chi connectivity index (χ2v) is 5.18. The lowest BCUT2D eigenvalue weighted by atomic mass is 9.92. The number of carbonyl (C=O) groups is 2. The molecule has 0 aromatic rings. The van der Waals surface area contributed by atoms with Gasteiger partial charge in [-0.3, -0.25) is 9.59 Å². The molecule has 0 aromatic carbocycles. The van der Waals surface area contributed by atoms with E-state index in [0.29, 0.717) is 13.2 Å². The van der Waals surface area contributed by atoms with Gasteiger partial charge in [0.25, 0.3) is 0 Å². The van der Waals surface area contributed by atoms with E-state index in [1.807, 2.05) is 0 Å². The van der Waals surface area contributed by atoms with Gasteiger partial charge in [0, 0.05) is 12.5 Å². The van der Waals surface area contributed by atoms with Crippen molar-refractivity contribution in [2.75, 3.05) is 32.8 Å². The maximum absolute atomic E-state index is 11.9. The molecule has 1 aliphatic carbocycles. The number of piperidine rings is 1. The van der Waals surface area contributed by atoms with Crippen LogP contribution in [0.25, 0.3) is 0 Å². The summed E-state index contributed by atoms with van der Waals surface area (Å²) < 4.78 is 4.98. The van der Waals surface area contributed by atoms with Crippen molar-refractivity contribution < 1.29 is 14.3 Å². The predicted molar refractivity (Wildman–Crippen MR) is 65.7 cm³/mol. The molecule has 18 heavy (non-hydrogen) atoms. The lowest BCUT2D eigenvalue weighted by Crippen LogP contribution is -2.35. The maximum Gasteiger partial charge on any atom is 0.243 e. The topological polar surface area (TPSA) is 93.5 Å². The summed E-state index contributed by atoms with van der Waals surface area (Å²) in [6.45, 7) is 2.72. The lowest BCUT2D eigenvalue weighted by molar-refractivity contribution is -0.123. The van der Waals surface area contributed by atoms with Gasteiger partial charge in [-0.1, -0.05) is 0 Å². The Bertz CT molecular complexity index is 327. The van der Waals surface area contributed by atoms with E-state index in [-0.39, 0.29) is 23.8 Å². The van der Waals surface area contributed by atoms with Crippen molar-refractivity contribution in [3.63, 3.8) is 0 Å². The smallest absolute Gasteiger partial charge is 0.243 e. The minimum Gasteiger partial charge on any atom is -0.370 e. The van der Waals surface area contributed by atoms with Crippen LogP contribution in [0.2, 0.25) is 0 Å². The Morgan fingerprint density at radius 2 is 2.11 bits per heavy atom. The van der Waals surface area contributed by atoms with Gasteiger partial charge in [0.05, 0.1) is 6.61 Å². The van der Waals surface area contributed by atoms with Crippen molar-refractivity contribution in [2.24, 2.45) is 17.1 Å². The molecule has 2 aliphatic rings. The molecule has 102 valence electrons. The first-order valence-corrected chi connectivity index (χ1v) is 6.48. The molecule has 2 amide bonds. The van der Waals surface area contributed by atoms with Gasteiger partial charge >= 0.3 is 0 Å². The van der Waals surface area contributed by atoms with E-state index in [9.17, 15) is 9.59 Å². The van der Waals surface area contributed by atoms with Crippen LogP contribution in [-0.4, -0.2) is 44.7 Å². The Labute approximate surface area is 107 Å². The molecular formula is C12H21N3O3. The van der Waals surface area contributed by atoms with Crippen LogP contribution in [0.3, 0.4) is 0 Å². The van der Waals surface area contributed by atoms with Gasteiger partial charge in [-0.05, 0) is 37.8 Å². The van der Waals surface area contributed by atoms with Gasteiger partial charge in [-0.2, -0.15) is 0 Å². The molecule has 1 unspecified atom stereocenters. The van der Waals surface area contributed by atoms with E-state index in [4.69, 9.17) is 10.5 Å². The van der Waals surface area contributed by atoms with Crippen LogP contribution in [0.1, 0.15) is 19.3 Å². The summed E-state index contributed by atoms with van der Waals surface area (Å²) in [5.41, 5.74) is 5.20. The van der Waals surface area contributed by atoms with E-state index in [2.05, 4.69) is 10.6 Å². The molecule has 0 bridgehead atoms. The summed E-state index contributed by atoms with van der Waals surface area (Å²) in [5.74, 6) is -0.188. The normalized spacial score (nSPS) is 24.8. The standard InChI is InChI=1S/C12H21N3O3/c13-10(16)8-18-6-5-15-11(17)9-7-12(9)1-3-14-4-2-12/h9,14H,1-8H2,(H2,13,16)(H,15,17). The van der Waals surface area contributed by atoms with E-state index in [0.717, 1.165) is 32.4 Å². The summed E-state index contributed by atoms with van der Waals surface area (Å²) in [4.78, 5) is 22.3. The number of hydrogen-bond acceptors (Lipinski definition) is 4. The average molecular weight is 255 g/mol. The number of primary amides is 1. The predicted octanol–water partition coefficient (Wildman–Crippen LogP) is -1.01. The molecule has 1 saturated carbocycles.